The second-order valence-electron chi connectivity index (χ2n) is 7.97. The van der Waals surface area contributed by atoms with Gasteiger partial charge in [-0.25, -0.2) is 0 Å². The van der Waals surface area contributed by atoms with Crippen molar-refractivity contribution in [3.05, 3.63) is 65.2 Å². The molecule has 0 unspecified atom stereocenters. The van der Waals surface area contributed by atoms with Crippen LogP contribution >= 0.6 is 11.8 Å². The molecule has 0 aliphatic carbocycles. The molecular weight excluding hydrogens is 424 g/mol. The lowest BCUT2D eigenvalue weighted by Gasteiger charge is -2.16. The van der Waals surface area contributed by atoms with Crippen LogP contribution in [-0.4, -0.2) is 46.1 Å². The third kappa shape index (κ3) is 5.37. The predicted molar refractivity (Wildman–Crippen MR) is 127 cm³/mol. The molecule has 0 spiro atoms. The molecule has 2 aliphatic rings. The van der Waals surface area contributed by atoms with E-state index in [1.807, 2.05) is 31.2 Å². The highest BCUT2D eigenvalue weighted by atomic mass is 32.2. The molecule has 8 heteroatoms. The Balaban J connectivity index is 1.26. The fraction of sp³-hybridized carbons (Fsp3) is 0.333. The fourth-order valence-corrected chi connectivity index (χ4v) is 4.84. The highest BCUT2D eigenvalue weighted by molar-refractivity contribution is 8.15. The molecule has 166 valence electrons. The van der Waals surface area contributed by atoms with Gasteiger partial charge in [0.05, 0.1) is 0 Å². The largest absolute Gasteiger partial charge is 0.351 e. The molecule has 1 fully saturated rings. The van der Waals surface area contributed by atoms with E-state index >= 15 is 0 Å². The summed E-state index contributed by atoms with van der Waals surface area (Å²) in [6, 6.07) is 14.6. The predicted octanol–water partition coefficient (Wildman–Crippen LogP) is 3.35. The standard InChI is InChI=1S/C24H26N4O3S/c1-16-6-2-3-7-18(16)15-25-22(30)17-8-10-19(11-9-17)26-21(29)14-20-23(31)27-24(32-20)28-12-4-5-13-28/h2-3,6-11,20H,4-5,12-15H2,1H3,(H,25,30)(H,26,29)/t20-/m1/s1. The average Bonchev–Trinajstić information content (AvgIpc) is 3.44. The Labute approximate surface area is 191 Å². The van der Waals surface area contributed by atoms with Gasteiger partial charge < -0.3 is 15.5 Å². The van der Waals surface area contributed by atoms with E-state index in [9.17, 15) is 14.4 Å². The molecule has 4 rings (SSSR count). The number of benzene rings is 2. The van der Waals surface area contributed by atoms with Crippen molar-refractivity contribution in [1.82, 2.24) is 10.2 Å². The summed E-state index contributed by atoms with van der Waals surface area (Å²) < 4.78 is 0. The van der Waals surface area contributed by atoms with Gasteiger partial charge in [-0.05, 0) is 55.2 Å². The zero-order valence-electron chi connectivity index (χ0n) is 18.0. The third-order valence-corrected chi connectivity index (χ3v) is 6.82. The normalized spacial score (nSPS) is 17.9. The van der Waals surface area contributed by atoms with Crippen LogP contribution in [-0.2, 0) is 16.1 Å². The van der Waals surface area contributed by atoms with E-state index in [0.717, 1.165) is 42.2 Å². The number of thioether (sulfide) groups is 1. The SMILES string of the molecule is Cc1ccccc1CNC(=O)c1ccc(NC(=O)C[C@H]2SC(N3CCCC3)=NC2=O)cc1. The zero-order chi connectivity index (χ0) is 22.5. The number of hydrogen-bond acceptors (Lipinski definition) is 5. The molecule has 0 radical (unpaired) electrons. The topological polar surface area (TPSA) is 90.9 Å². The van der Waals surface area contributed by atoms with Crippen molar-refractivity contribution in [2.75, 3.05) is 18.4 Å². The van der Waals surface area contributed by atoms with Crippen LogP contribution in [0.25, 0.3) is 0 Å². The average molecular weight is 451 g/mol. The molecule has 0 aromatic heterocycles. The number of hydrogen-bond donors (Lipinski definition) is 2. The van der Waals surface area contributed by atoms with Crippen LogP contribution in [0.3, 0.4) is 0 Å². The molecule has 32 heavy (non-hydrogen) atoms. The van der Waals surface area contributed by atoms with Gasteiger partial charge in [0.25, 0.3) is 11.8 Å². The molecule has 7 nitrogen and oxygen atoms in total. The number of nitrogens with zero attached hydrogens (tertiary/aromatic N) is 2. The van der Waals surface area contributed by atoms with Crippen molar-refractivity contribution < 1.29 is 14.4 Å². The van der Waals surface area contributed by atoms with Crippen LogP contribution in [0.1, 0.15) is 40.7 Å². The number of nitrogens with one attached hydrogen (secondary N) is 2. The Hall–Kier alpha value is -3.13. The van der Waals surface area contributed by atoms with E-state index in [4.69, 9.17) is 0 Å². The summed E-state index contributed by atoms with van der Waals surface area (Å²) in [5.41, 5.74) is 3.30. The van der Waals surface area contributed by atoms with Crippen LogP contribution in [0.15, 0.2) is 53.5 Å². The molecule has 2 aromatic carbocycles. The summed E-state index contributed by atoms with van der Waals surface area (Å²) in [6.07, 6.45) is 2.29. The maximum Gasteiger partial charge on any atom is 0.262 e. The number of rotatable bonds is 6. The van der Waals surface area contributed by atoms with E-state index in [0.29, 0.717) is 17.8 Å². The molecule has 2 heterocycles. The highest BCUT2D eigenvalue weighted by Gasteiger charge is 2.33. The molecule has 0 bridgehead atoms. The van der Waals surface area contributed by atoms with E-state index < -0.39 is 5.25 Å². The van der Waals surface area contributed by atoms with E-state index in [1.54, 1.807) is 24.3 Å². The first-order valence-electron chi connectivity index (χ1n) is 10.8. The van der Waals surface area contributed by atoms with Gasteiger partial charge in [0.15, 0.2) is 5.17 Å². The molecule has 2 aromatic rings. The number of aliphatic imine (C=N–C) groups is 1. The summed E-state index contributed by atoms with van der Waals surface area (Å²) in [4.78, 5) is 43.3. The van der Waals surface area contributed by atoms with Crippen LogP contribution in [0.2, 0.25) is 0 Å². The molecule has 0 saturated carbocycles. The lowest BCUT2D eigenvalue weighted by atomic mass is 10.1. The lowest BCUT2D eigenvalue weighted by molar-refractivity contribution is -0.121. The second-order valence-corrected chi connectivity index (χ2v) is 9.14. The van der Waals surface area contributed by atoms with Gasteiger partial charge in [0, 0.05) is 37.3 Å². The lowest BCUT2D eigenvalue weighted by Crippen LogP contribution is -2.25. The first-order valence-corrected chi connectivity index (χ1v) is 11.6. The summed E-state index contributed by atoms with van der Waals surface area (Å²) in [5, 5.41) is 5.98. The minimum absolute atomic E-state index is 0.0724. The molecule has 2 aliphatic heterocycles. The van der Waals surface area contributed by atoms with Crippen LogP contribution in [0, 0.1) is 6.92 Å². The third-order valence-electron chi connectivity index (χ3n) is 5.61. The Morgan fingerprint density at radius 3 is 2.53 bits per heavy atom. The maximum absolute atomic E-state index is 12.4. The van der Waals surface area contributed by atoms with Gasteiger partial charge >= 0.3 is 0 Å². The van der Waals surface area contributed by atoms with E-state index in [1.165, 1.54) is 11.8 Å². The number of amides is 3. The fourth-order valence-electron chi connectivity index (χ4n) is 3.72. The van der Waals surface area contributed by atoms with Crippen molar-refractivity contribution in [3.63, 3.8) is 0 Å². The van der Waals surface area contributed by atoms with Gasteiger partial charge in [-0.1, -0.05) is 36.0 Å². The van der Waals surface area contributed by atoms with Gasteiger partial charge in [-0.15, -0.1) is 0 Å². The van der Waals surface area contributed by atoms with Crippen molar-refractivity contribution >= 4 is 40.3 Å². The minimum Gasteiger partial charge on any atom is -0.351 e. The second kappa shape index (κ2) is 9.99. The quantitative estimate of drug-likeness (QED) is 0.704. The van der Waals surface area contributed by atoms with Crippen molar-refractivity contribution in [3.8, 4) is 0 Å². The number of likely N-dealkylation sites (tertiary alicyclic amines) is 1. The van der Waals surface area contributed by atoms with Gasteiger partial charge in [0.2, 0.25) is 5.91 Å². The number of carbonyl (C=O) groups excluding carboxylic acids is 3. The summed E-state index contributed by atoms with van der Waals surface area (Å²) >= 11 is 1.38. The maximum atomic E-state index is 12.4. The smallest absolute Gasteiger partial charge is 0.262 e. The van der Waals surface area contributed by atoms with Crippen LogP contribution in [0.5, 0.6) is 0 Å². The van der Waals surface area contributed by atoms with Gasteiger partial charge in [-0.3, -0.25) is 14.4 Å². The Bertz CT molecular complexity index is 1050. The summed E-state index contributed by atoms with van der Waals surface area (Å²) in [7, 11) is 0. The molecule has 3 amide bonds. The van der Waals surface area contributed by atoms with Crippen molar-refractivity contribution in [1.29, 1.82) is 0 Å². The molecule has 1 atom stereocenters. The Morgan fingerprint density at radius 2 is 1.81 bits per heavy atom. The number of aryl methyl sites for hydroxylation is 1. The van der Waals surface area contributed by atoms with E-state index in [-0.39, 0.29) is 24.1 Å². The van der Waals surface area contributed by atoms with Crippen LogP contribution < -0.4 is 10.6 Å². The number of amidine groups is 1. The van der Waals surface area contributed by atoms with Crippen LogP contribution in [0.4, 0.5) is 5.69 Å². The van der Waals surface area contributed by atoms with Gasteiger partial charge in [-0.2, -0.15) is 4.99 Å². The van der Waals surface area contributed by atoms with Crippen molar-refractivity contribution in [2.24, 2.45) is 4.99 Å². The Morgan fingerprint density at radius 1 is 1.09 bits per heavy atom. The monoisotopic (exact) mass is 450 g/mol. The highest BCUT2D eigenvalue weighted by Crippen LogP contribution is 2.29. The molecule has 1 saturated heterocycles. The van der Waals surface area contributed by atoms with Crippen molar-refractivity contribution in [2.45, 2.75) is 38.0 Å². The minimum atomic E-state index is -0.475. The summed E-state index contributed by atoms with van der Waals surface area (Å²) in [5.74, 6) is -0.663. The number of anilines is 1. The molecular formula is C24H26N4O3S. The first kappa shape index (κ1) is 22.1. The zero-order valence-corrected chi connectivity index (χ0v) is 18.8. The van der Waals surface area contributed by atoms with E-state index in [2.05, 4.69) is 20.5 Å². The Kier molecular flexibility index (Phi) is 6.90. The first-order chi connectivity index (χ1) is 15.5. The molecule has 2 N–H and O–H groups in total. The number of carbonyl (C=O) groups is 3. The summed E-state index contributed by atoms with van der Waals surface area (Å²) in [6.45, 7) is 4.31. The van der Waals surface area contributed by atoms with Gasteiger partial charge in [0.1, 0.15) is 5.25 Å².